The van der Waals surface area contributed by atoms with E-state index in [1.165, 1.54) is 19.0 Å². The molecule has 0 saturated heterocycles. The number of carbonyl (C=O) groups excluding carboxylic acids is 5. The lowest BCUT2D eigenvalue weighted by molar-refractivity contribution is -0.155. The third-order valence-corrected chi connectivity index (χ3v) is 4.59. The van der Waals surface area contributed by atoms with Crippen molar-refractivity contribution in [2.45, 2.75) is 160 Å². The van der Waals surface area contributed by atoms with Crippen LogP contribution in [0.5, 0.6) is 0 Å². The fourth-order valence-corrected chi connectivity index (χ4v) is 2.14. The van der Waals surface area contributed by atoms with Crippen molar-refractivity contribution in [3.8, 4) is 0 Å². The standard InChI is InChI=1S/C10H18O5.C9H14N2O3.C6H12N2O.C4H6N2O.C3H7NO.C3H6O2.C2H5NO2.2CH4.ClH.H3NO/c1-9(2,3)14-7(11)13-8(12)15-10(4,5)6;1-9(2,3)13-8(12)5-4-7-10-6-11-14-7;1-4-6(9)7-5-8(2)3;1-2-4-5-3-6-7-4;2*1-2-3(4)5;3-1-2(4)5;;;;1-2/h1-6H3;6H,4-5H2,1-3H3;5H,4H2,1-3H3;3H,2H2,1H3;2H2,1H3,(H2,4,5);2H2,1H3,(H,4,5);1,3H2,(H,4,5);2*1H4;1H;2H,1H2. The van der Waals surface area contributed by atoms with E-state index in [4.69, 9.17) is 34.2 Å². The summed E-state index contributed by atoms with van der Waals surface area (Å²) in [5, 5.41) is 28.7. The fourth-order valence-electron chi connectivity index (χ4n) is 2.14. The fraction of sp³-hybridized carbons (Fsp3) is 0.692. The summed E-state index contributed by atoms with van der Waals surface area (Å²) in [6.07, 6.45) is 4.75. The van der Waals surface area contributed by atoms with Crippen molar-refractivity contribution in [2.24, 2.45) is 22.4 Å². The molecule has 0 aliphatic carbocycles. The molecule has 2 aromatic heterocycles. The van der Waals surface area contributed by atoms with E-state index in [1.54, 1.807) is 67.2 Å². The number of halogens is 1. The van der Waals surface area contributed by atoms with Gasteiger partial charge in [0.15, 0.2) is 12.7 Å². The van der Waals surface area contributed by atoms with Gasteiger partial charge in [-0.15, -0.1) is 12.4 Å². The minimum absolute atomic E-state index is 0. The maximum atomic E-state index is 11.2. The molecule has 2 heterocycles. The summed E-state index contributed by atoms with van der Waals surface area (Å²) in [6, 6.07) is 0. The first-order valence-electron chi connectivity index (χ1n) is 18.7. The number of primary amides is 1. The smallest absolute Gasteiger partial charge is 0.481 e. The molecule has 0 radical (unpaired) electrons. The summed E-state index contributed by atoms with van der Waals surface area (Å²) in [6.45, 7) is 22.3. The van der Waals surface area contributed by atoms with Crippen LogP contribution in [0.3, 0.4) is 0 Å². The van der Waals surface area contributed by atoms with Gasteiger partial charge in [-0.2, -0.15) is 9.97 Å². The zero-order valence-corrected chi connectivity index (χ0v) is 40.0. The number of aromatic nitrogens is 4. The minimum atomic E-state index is -1.06. The quantitative estimate of drug-likeness (QED) is 0.0433. The Labute approximate surface area is 389 Å². The molecule has 0 fully saturated rings. The van der Waals surface area contributed by atoms with Crippen LogP contribution in [0.4, 0.5) is 9.59 Å². The van der Waals surface area contributed by atoms with Gasteiger partial charge in [-0.25, -0.2) is 20.5 Å². The van der Waals surface area contributed by atoms with Crippen LogP contribution in [-0.4, -0.2) is 126 Å². The number of nitrogens with zero attached hydrogens (tertiary/aromatic N) is 6. The normalized spacial score (nSPS) is 9.38. The number of rotatable bonds is 9. The van der Waals surface area contributed by atoms with Crippen LogP contribution in [-0.2, 0) is 55.8 Å². The van der Waals surface area contributed by atoms with Crippen LogP contribution >= 0.6 is 12.4 Å². The van der Waals surface area contributed by atoms with Crippen LogP contribution in [0, 0.1) is 0 Å². The Bertz CT molecular complexity index is 1430. The summed E-state index contributed by atoms with van der Waals surface area (Å²) in [5.74, 6) is 2.36. The Hall–Kier alpha value is -5.79. The van der Waals surface area contributed by atoms with Crippen molar-refractivity contribution in [1.29, 1.82) is 0 Å². The molecule has 0 saturated carbocycles. The van der Waals surface area contributed by atoms with Crippen molar-refractivity contribution in [2.75, 3.05) is 20.6 Å². The number of aliphatic imine (C=N–C) groups is 1. The molecule has 26 heteroatoms. The Kier molecular flexibility index (Phi) is 58.4. The maximum absolute atomic E-state index is 11.2. The molecule has 0 aromatic carbocycles. The SMILES string of the molecule is C.C.CC(C)(C)OC(=O)CCc1ncno1.CC(C)(C)OC(=O)OC(=O)OC(C)(C)C.CCC(=O)N=CN(C)C.CCC(=O)O.CCC(N)=O.CCc1ncno1.Cl.NCC(=O)O.NO. The van der Waals surface area contributed by atoms with Gasteiger partial charge >= 0.3 is 30.2 Å². The average Bonchev–Trinajstić information content (AvgIpc) is 3.88. The zero-order valence-electron chi connectivity index (χ0n) is 39.2. The molecule has 0 aliphatic heterocycles. The van der Waals surface area contributed by atoms with Crippen molar-refractivity contribution in [3.05, 3.63) is 24.4 Å². The summed E-state index contributed by atoms with van der Waals surface area (Å²) < 4.78 is 28.3. The first-order chi connectivity index (χ1) is 28.4. The van der Waals surface area contributed by atoms with E-state index in [2.05, 4.69) is 51.9 Å². The molecule has 9 N–H and O–H groups in total. The molecule has 25 nitrogen and oxygen atoms in total. The molecule has 0 aliphatic rings. The molecule has 2 amide bonds. The average molecular weight is 967 g/mol. The molecule has 2 rings (SSSR count). The lowest BCUT2D eigenvalue weighted by Crippen LogP contribution is -2.29. The van der Waals surface area contributed by atoms with Gasteiger partial charge in [0.05, 0.1) is 19.3 Å². The number of aliphatic carboxylic acids is 2. The Balaban J connectivity index is -0.0000000827. The van der Waals surface area contributed by atoms with Crippen molar-refractivity contribution in [3.63, 3.8) is 0 Å². The van der Waals surface area contributed by atoms with E-state index >= 15 is 0 Å². The lowest BCUT2D eigenvalue weighted by atomic mass is 10.2. The summed E-state index contributed by atoms with van der Waals surface area (Å²) in [7, 11) is 3.65. The molecule has 0 unspecified atom stereocenters. The van der Waals surface area contributed by atoms with Crippen molar-refractivity contribution >= 4 is 60.8 Å². The van der Waals surface area contributed by atoms with Gasteiger partial charge in [-0.1, -0.05) is 52.9 Å². The van der Waals surface area contributed by atoms with E-state index in [1.807, 2.05) is 41.8 Å². The number of carboxylic acids is 2. The van der Waals surface area contributed by atoms with Gasteiger partial charge in [0.1, 0.15) is 16.8 Å². The largest absolute Gasteiger partial charge is 0.519 e. The second-order valence-corrected chi connectivity index (χ2v) is 14.3. The Morgan fingerprint density at radius 2 is 1.06 bits per heavy atom. The van der Waals surface area contributed by atoms with E-state index < -0.39 is 41.1 Å². The summed E-state index contributed by atoms with van der Waals surface area (Å²) in [5.41, 5.74) is 7.40. The number of esters is 1. The highest BCUT2D eigenvalue weighted by atomic mass is 35.5. The molecule has 0 spiro atoms. The van der Waals surface area contributed by atoms with Crippen LogP contribution in [0.25, 0.3) is 0 Å². The summed E-state index contributed by atoms with van der Waals surface area (Å²) in [4.78, 5) is 84.8. The highest BCUT2D eigenvalue weighted by Gasteiger charge is 2.24. The number of amides is 2. The maximum Gasteiger partial charge on any atom is 0.519 e. The molecular weight excluding hydrogens is 886 g/mol. The van der Waals surface area contributed by atoms with Crippen LogP contribution in [0.15, 0.2) is 26.7 Å². The summed E-state index contributed by atoms with van der Waals surface area (Å²) >= 11 is 0. The molecule has 384 valence electrons. The van der Waals surface area contributed by atoms with Gasteiger partial charge in [0.2, 0.25) is 23.6 Å². The van der Waals surface area contributed by atoms with Crippen molar-refractivity contribution < 1.29 is 77.0 Å². The van der Waals surface area contributed by atoms with Crippen LogP contribution in [0.2, 0.25) is 0 Å². The first-order valence-corrected chi connectivity index (χ1v) is 18.7. The number of hydrogen-bond acceptors (Lipinski definition) is 20. The predicted octanol–water partition coefficient (Wildman–Crippen LogP) is 5.78. The van der Waals surface area contributed by atoms with Gasteiger partial charge in [0.25, 0.3) is 0 Å². The molecule has 0 bridgehead atoms. The minimum Gasteiger partial charge on any atom is -0.481 e. The van der Waals surface area contributed by atoms with Gasteiger partial charge in [-0.05, 0) is 62.3 Å². The molecular formula is C39H80ClN9O16. The number of ether oxygens (including phenoxy) is 4. The van der Waals surface area contributed by atoms with Crippen LogP contribution in [0.1, 0.15) is 142 Å². The Morgan fingerprint density at radius 3 is 1.28 bits per heavy atom. The van der Waals surface area contributed by atoms with Crippen molar-refractivity contribution in [1.82, 2.24) is 25.2 Å². The topological polar surface area (TPSA) is 389 Å². The number of carbonyl (C=O) groups is 7. The van der Waals surface area contributed by atoms with E-state index in [0.29, 0.717) is 31.0 Å². The van der Waals surface area contributed by atoms with E-state index in [9.17, 15) is 33.6 Å². The highest BCUT2D eigenvalue weighted by molar-refractivity contribution is 5.85. The number of carboxylic acid groups (broad SMARTS) is 2. The highest BCUT2D eigenvalue weighted by Crippen LogP contribution is 2.12. The number of nitrogens with two attached hydrogens (primary N) is 3. The van der Waals surface area contributed by atoms with Gasteiger partial charge in [-0.3, -0.25) is 24.0 Å². The van der Waals surface area contributed by atoms with Crippen LogP contribution < -0.4 is 17.4 Å². The molecule has 2 aromatic rings. The first kappa shape index (κ1) is 79.6. The predicted molar refractivity (Wildman–Crippen MR) is 244 cm³/mol. The second kappa shape index (κ2) is 47.7. The lowest BCUT2D eigenvalue weighted by Gasteiger charge is -2.20. The van der Waals surface area contributed by atoms with E-state index in [0.717, 1.165) is 6.42 Å². The number of aryl methyl sites for hydroxylation is 2. The monoisotopic (exact) mass is 966 g/mol. The van der Waals surface area contributed by atoms with Gasteiger partial charge in [0, 0.05) is 46.2 Å². The zero-order chi connectivity index (χ0) is 50.1. The molecule has 0 atom stereocenters. The van der Waals surface area contributed by atoms with Gasteiger partial charge < -0.3 is 59.8 Å². The second-order valence-electron chi connectivity index (χ2n) is 14.3. The third-order valence-electron chi connectivity index (χ3n) is 4.59. The number of hydrogen-bond donors (Lipinski definition) is 6. The molecule has 65 heavy (non-hydrogen) atoms. The Morgan fingerprint density at radius 1 is 0.708 bits per heavy atom. The van der Waals surface area contributed by atoms with E-state index in [-0.39, 0.29) is 64.4 Å². The third kappa shape index (κ3) is 82.5.